The van der Waals surface area contributed by atoms with Crippen LogP contribution in [0, 0.1) is 0 Å². The minimum Gasteiger partial charge on any atom is -0.450 e. The van der Waals surface area contributed by atoms with Gasteiger partial charge >= 0.3 is 14.9 Å². The molecule has 0 aliphatic rings. The number of hydrogen-bond donors (Lipinski definition) is 1. The molecular formula is C30H45N3O5SSi. The third kappa shape index (κ3) is 10.3. The van der Waals surface area contributed by atoms with Crippen molar-refractivity contribution in [1.82, 2.24) is 15.3 Å². The summed E-state index contributed by atoms with van der Waals surface area (Å²) in [5.74, 6) is 1.09. The van der Waals surface area contributed by atoms with Crippen molar-refractivity contribution >= 4 is 48.5 Å². The molecule has 8 nitrogen and oxygen atoms in total. The molecule has 2 heterocycles. The average molecular weight is 588 g/mol. The van der Waals surface area contributed by atoms with Crippen molar-refractivity contribution in [1.29, 1.82) is 0 Å². The van der Waals surface area contributed by atoms with Crippen LogP contribution in [0.25, 0.3) is 21.8 Å². The molecule has 1 N–H and O–H groups in total. The molecule has 0 saturated heterocycles. The number of aromatic nitrogens is 2. The SMILES string of the molecule is CCO[Si](CCCNC(=O)OCCCCCCCCSc1cc2cccnc2c2ncccc12)(OCC)OCC. The Kier molecular flexibility index (Phi) is 14.7. The van der Waals surface area contributed by atoms with Crippen LogP contribution in [-0.4, -0.2) is 63.6 Å². The highest BCUT2D eigenvalue weighted by Crippen LogP contribution is 2.32. The maximum atomic E-state index is 12.0. The predicted octanol–water partition coefficient (Wildman–Crippen LogP) is 7.38. The second-order valence-corrected chi connectivity index (χ2v) is 13.3. The average Bonchev–Trinajstić information content (AvgIpc) is 2.97. The van der Waals surface area contributed by atoms with Crippen molar-refractivity contribution in [3.8, 4) is 0 Å². The van der Waals surface area contributed by atoms with Crippen molar-refractivity contribution < 1.29 is 22.8 Å². The molecule has 0 fully saturated rings. The Morgan fingerprint density at radius 1 is 0.850 bits per heavy atom. The van der Waals surface area contributed by atoms with Crippen LogP contribution in [0.1, 0.15) is 65.7 Å². The van der Waals surface area contributed by atoms with Crippen LogP contribution in [0.5, 0.6) is 0 Å². The minimum atomic E-state index is -2.66. The van der Waals surface area contributed by atoms with Gasteiger partial charge < -0.3 is 23.3 Å². The van der Waals surface area contributed by atoms with E-state index >= 15 is 0 Å². The normalized spacial score (nSPS) is 11.8. The number of hydrogen-bond acceptors (Lipinski definition) is 8. The van der Waals surface area contributed by atoms with Gasteiger partial charge in [0.2, 0.25) is 0 Å². The molecule has 0 unspecified atom stereocenters. The van der Waals surface area contributed by atoms with E-state index in [1.807, 2.05) is 57.1 Å². The van der Waals surface area contributed by atoms with Gasteiger partial charge in [0.25, 0.3) is 0 Å². The summed E-state index contributed by atoms with van der Waals surface area (Å²) < 4.78 is 22.9. The summed E-state index contributed by atoms with van der Waals surface area (Å²) in [6.07, 6.45) is 10.7. The fourth-order valence-electron chi connectivity index (χ4n) is 4.67. The van der Waals surface area contributed by atoms with Gasteiger partial charge in [-0.25, -0.2) is 4.79 Å². The maximum absolute atomic E-state index is 12.0. The Hall–Kier alpha value is -2.24. The fraction of sp³-hybridized carbons (Fsp3) is 0.567. The lowest BCUT2D eigenvalue weighted by atomic mass is 10.1. The van der Waals surface area contributed by atoms with Gasteiger partial charge in [-0.15, -0.1) is 11.8 Å². The number of rotatable bonds is 20. The van der Waals surface area contributed by atoms with E-state index < -0.39 is 8.80 Å². The minimum absolute atomic E-state index is 0.360. The van der Waals surface area contributed by atoms with Gasteiger partial charge in [-0.1, -0.05) is 37.8 Å². The summed E-state index contributed by atoms with van der Waals surface area (Å²) in [6.45, 7) is 8.47. The van der Waals surface area contributed by atoms with Crippen LogP contribution in [0.15, 0.2) is 47.6 Å². The number of thioether (sulfide) groups is 1. The zero-order valence-electron chi connectivity index (χ0n) is 24.3. The highest BCUT2D eigenvalue weighted by Gasteiger charge is 2.39. The number of pyridine rings is 2. The topological polar surface area (TPSA) is 91.8 Å². The van der Waals surface area contributed by atoms with Crippen molar-refractivity contribution in [3.05, 3.63) is 42.7 Å². The number of amides is 1. The van der Waals surface area contributed by atoms with Crippen LogP contribution < -0.4 is 5.32 Å². The molecule has 0 aliphatic carbocycles. The number of nitrogens with one attached hydrogen (secondary N) is 1. The summed E-state index contributed by atoms with van der Waals surface area (Å²) in [5, 5.41) is 5.14. The Morgan fingerprint density at radius 3 is 2.23 bits per heavy atom. The third-order valence-electron chi connectivity index (χ3n) is 6.47. The first-order valence-corrected chi connectivity index (χ1v) is 17.6. The molecule has 0 saturated carbocycles. The van der Waals surface area contributed by atoms with Crippen LogP contribution in [0.2, 0.25) is 6.04 Å². The second kappa shape index (κ2) is 18.2. The van der Waals surface area contributed by atoms with Crippen LogP contribution in [0.3, 0.4) is 0 Å². The van der Waals surface area contributed by atoms with Gasteiger partial charge in [-0.05, 0) is 64.0 Å². The Balaban J connectivity index is 1.22. The van der Waals surface area contributed by atoms with Crippen LogP contribution in [0.4, 0.5) is 4.79 Å². The second-order valence-electron chi connectivity index (χ2n) is 9.47. The van der Waals surface area contributed by atoms with E-state index in [4.69, 9.17) is 18.0 Å². The number of fused-ring (bicyclic) bond motifs is 3. The quantitative estimate of drug-likeness (QED) is 0.0634. The van der Waals surface area contributed by atoms with E-state index in [-0.39, 0.29) is 6.09 Å². The van der Waals surface area contributed by atoms with Crippen molar-refractivity contribution in [2.24, 2.45) is 0 Å². The van der Waals surface area contributed by atoms with E-state index in [1.54, 1.807) is 0 Å². The molecule has 0 bridgehead atoms. The van der Waals surface area contributed by atoms with Crippen LogP contribution in [-0.2, 0) is 18.0 Å². The number of carbonyl (C=O) groups excluding carboxylic acids is 1. The van der Waals surface area contributed by atoms with Gasteiger partial charge in [0.15, 0.2) is 0 Å². The molecule has 0 atom stereocenters. The molecule has 1 aromatic carbocycles. The van der Waals surface area contributed by atoms with Crippen molar-refractivity contribution in [3.63, 3.8) is 0 Å². The maximum Gasteiger partial charge on any atom is 0.500 e. The van der Waals surface area contributed by atoms with Gasteiger partial charge in [0, 0.05) is 60.5 Å². The fourth-order valence-corrected chi connectivity index (χ4v) is 8.38. The number of benzene rings is 1. The standard InChI is InChI=1S/C30H45N3O5SSi/c1-4-36-40(37-5-2,38-6-3)23-15-20-33-30(34)35-21-11-9-7-8-10-12-22-39-27-24-25-16-13-18-31-28(25)29-26(27)17-14-19-32-29/h13-14,16-19,24H,4-12,15,20-23H2,1-3H3,(H,33,34). The summed E-state index contributed by atoms with van der Waals surface area (Å²) in [4.78, 5) is 22.4. The van der Waals surface area contributed by atoms with E-state index in [0.717, 1.165) is 47.9 Å². The molecular weight excluding hydrogens is 542 g/mol. The number of alkyl carbamates (subject to hydrolysis) is 1. The number of nitrogens with zero attached hydrogens (tertiary/aromatic N) is 2. The van der Waals surface area contributed by atoms with Gasteiger partial charge in [-0.3, -0.25) is 9.97 Å². The van der Waals surface area contributed by atoms with E-state index in [0.29, 0.717) is 39.0 Å². The summed E-state index contributed by atoms with van der Waals surface area (Å²) in [7, 11) is -2.66. The summed E-state index contributed by atoms with van der Waals surface area (Å²) in [6, 6.07) is 11.1. The van der Waals surface area contributed by atoms with E-state index in [1.165, 1.54) is 29.5 Å². The largest absolute Gasteiger partial charge is 0.500 e. The lowest BCUT2D eigenvalue weighted by Crippen LogP contribution is -2.46. The molecule has 40 heavy (non-hydrogen) atoms. The Bertz CT molecular complexity index is 1150. The zero-order valence-corrected chi connectivity index (χ0v) is 26.1. The first-order chi connectivity index (χ1) is 19.6. The predicted molar refractivity (Wildman–Crippen MR) is 165 cm³/mol. The Morgan fingerprint density at radius 2 is 1.50 bits per heavy atom. The third-order valence-corrected chi connectivity index (χ3v) is 10.8. The van der Waals surface area contributed by atoms with Crippen molar-refractivity contribution in [2.75, 3.05) is 38.7 Å². The number of unbranched alkanes of at least 4 members (excludes halogenated alkanes) is 5. The highest BCUT2D eigenvalue weighted by molar-refractivity contribution is 7.99. The van der Waals surface area contributed by atoms with E-state index in [2.05, 4.69) is 33.5 Å². The van der Waals surface area contributed by atoms with Crippen molar-refractivity contribution in [2.45, 2.75) is 76.7 Å². The summed E-state index contributed by atoms with van der Waals surface area (Å²) >= 11 is 1.91. The summed E-state index contributed by atoms with van der Waals surface area (Å²) in [5.41, 5.74) is 1.95. The molecule has 3 rings (SSSR count). The first kappa shape index (κ1) is 32.3. The smallest absolute Gasteiger partial charge is 0.450 e. The molecule has 10 heteroatoms. The lowest BCUT2D eigenvalue weighted by Gasteiger charge is -2.28. The molecule has 0 spiro atoms. The van der Waals surface area contributed by atoms with Gasteiger partial charge in [0.05, 0.1) is 17.6 Å². The zero-order chi connectivity index (χ0) is 28.5. The molecule has 0 radical (unpaired) electrons. The Labute approximate surface area is 244 Å². The number of ether oxygens (including phenoxy) is 1. The lowest BCUT2D eigenvalue weighted by molar-refractivity contribution is 0.0706. The number of carbonyl (C=O) groups is 1. The highest BCUT2D eigenvalue weighted by atomic mass is 32.2. The molecule has 3 aromatic rings. The van der Waals surface area contributed by atoms with E-state index in [9.17, 15) is 4.79 Å². The monoisotopic (exact) mass is 587 g/mol. The van der Waals surface area contributed by atoms with Gasteiger partial charge in [0.1, 0.15) is 0 Å². The van der Waals surface area contributed by atoms with Crippen LogP contribution >= 0.6 is 11.8 Å². The molecule has 220 valence electrons. The molecule has 1 amide bonds. The van der Waals surface area contributed by atoms with Gasteiger partial charge in [-0.2, -0.15) is 0 Å². The molecule has 2 aromatic heterocycles. The molecule has 0 aliphatic heterocycles. The first-order valence-electron chi connectivity index (χ1n) is 14.7.